The number of nitriles is 1. The van der Waals surface area contributed by atoms with Crippen molar-refractivity contribution < 1.29 is 9.59 Å². The van der Waals surface area contributed by atoms with Gasteiger partial charge in [0.1, 0.15) is 0 Å². The number of carbonyl (C=O) groups excluding carboxylic acids is 2. The van der Waals surface area contributed by atoms with E-state index in [4.69, 9.17) is 5.26 Å². The molecule has 0 aliphatic carbocycles. The highest BCUT2D eigenvalue weighted by atomic mass is 16.2. The largest absolute Gasteiger partial charge is 0.289 e. The lowest BCUT2D eigenvalue weighted by Gasteiger charge is -2.01. The van der Waals surface area contributed by atoms with Gasteiger partial charge in [-0.05, 0) is 6.07 Å². The summed E-state index contributed by atoms with van der Waals surface area (Å²) < 4.78 is 0. The van der Waals surface area contributed by atoms with Crippen molar-refractivity contribution in [2.45, 2.75) is 0 Å². The average molecular weight is 198 g/mol. The van der Waals surface area contributed by atoms with Crippen molar-refractivity contribution in [1.29, 1.82) is 5.26 Å². The number of hydrogen-bond acceptors (Lipinski definition) is 3. The predicted molar refractivity (Wildman–Crippen MR) is 52.3 cm³/mol. The Kier molecular flexibility index (Phi) is 2.07. The molecular weight excluding hydrogens is 192 g/mol. The third-order valence-corrected chi connectivity index (χ3v) is 2.09. The van der Waals surface area contributed by atoms with Crippen molar-refractivity contribution >= 4 is 17.4 Å². The SMILES string of the molecule is N#Cc1ccccc1C1=CC(=O)NC1=O. The standard InChI is InChI=1S/C11H6N2O2/c12-6-7-3-1-2-4-8(7)9-5-10(14)13-11(9)15/h1-5H,(H,13,14,15). The highest BCUT2D eigenvalue weighted by Crippen LogP contribution is 2.21. The molecule has 0 bridgehead atoms. The van der Waals surface area contributed by atoms with Crippen LogP contribution < -0.4 is 5.32 Å². The van der Waals surface area contributed by atoms with E-state index in [1.165, 1.54) is 6.08 Å². The van der Waals surface area contributed by atoms with Gasteiger partial charge in [-0.25, -0.2) is 0 Å². The molecule has 0 saturated carbocycles. The first-order valence-corrected chi connectivity index (χ1v) is 4.29. The van der Waals surface area contributed by atoms with Crippen LogP contribution in [0, 0.1) is 11.3 Å². The van der Waals surface area contributed by atoms with E-state index in [1.807, 2.05) is 6.07 Å². The Labute approximate surface area is 85.8 Å². The number of rotatable bonds is 1. The molecule has 0 saturated heterocycles. The summed E-state index contributed by atoms with van der Waals surface area (Å²) in [4.78, 5) is 22.3. The molecule has 1 aromatic rings. The summed E-state index contributed by atoms with van der Waals surface area (Å²) in [5, 5.41) is 11.0. The molecule has 2 amide bonds. The van der Waals surface area contributed by atoms with E-state index in [-0.39, 0.29) is 5.57 Å². The van der Waals surface area contributed by atoms with Gasteiger partial charge < -0.3 is 0 Å². The van der Waals surface area contributed by atoms with Crippen LogP contribution in [0.15, 0.2) is 30.3 Å². The first-order chi connectivity index (χ1) is 7.22. The van der Waals surface area contributed by atoms with Crippen LogP contribution in [-0.2, 0) is 9.59 Å². The highest BCUT2D eigenvalue weighted by molar-refractivity contribution is 6.33. The maximum Gasteiger partial charge on any atom is 0.258 e. The molecule has 1 aromatic carbocycles. The second-order valence-electron chi connectivity index (χ2n) is 3.03. The molecule has 0 aromatic heterocycles. The fourth-order valence-corrected chi connectivity index (χ4v) is 1.43. The third-order valence-electron chi connectivity index (χ3n) is 2.09. The molecule has 72 valence electrons. The van der Waals surface area contributed by atoms with Gasteiger partial charge in [0.15, 0.2) is 0 Å². The highest BCUT2D eigenvalue weighted by Gasteiger charge is 2.23. The van der Waals surface area contributed by atoms with Crippen LogP contribution in [-0.4, -0.2) is 11.8 Å². The van der Waals surface area contributed by atoms with E-state index in [2.05, 4.69) is 5.32 Å². The molecule has 1 aliphatic rings. The summed E-state index contributed by atoms with van der Waals surface area (Å²) >= 11 is 0. The summed E-state index contributed by atoms with van der Waals surface area (Å²) in [6.07, 6.45) is 1.21. The molecule has 0 fully saturated rings. The van der Waals surface area contributed by atoms with E-state index < -0.39 is 11.8 Å². The summed E-state index contributed by atoms with van der Waals surface area (Å²) in [5.74, 6) is -0.898. The van der Waals surface area contributed by atoms with Crippen molar-refractivity contribution in [1.82, 2.24) is 5.32 Å². The predicted octanol–water partition coefficient (Wildman–Crippen LogP) is 0.598. The van der Waals surface area contributed by atoms with Crippen molar-refractivity contribution in [3.63, 3.8) is 0 Å². The number of nitrogens with zero attached hydrogens (tertiary/aromatic N) is 1. The summed E-state index contributed by atoms with van der Waals surface area (Å²) in [6, 6.07) is 8.64. The molecular formula is C11H6N2O2. The van der Waals surface area contributed by atoms with Gasteiger partial charge in [0.05, 0.1) is 17.2 Å². The van der Waals surface area contributed by atoms with Crippen molar-refractivity contribution in [2.75, 3.05) is 0 Å². The Balaban J connectivity index is 2.56. The second-order valence-corrected chi connectivity index (χ2v) is 3.03. The van der Waals surface area contributed by atoms with Crippen LogP contribution in [0.2, 0.25) is 0 Å². The zero-order valence-corrected chi connectivity index (χ0v) is 7.65. The van der Waals surface area contributed by atoms with Gasteiger partial charge in [0.2, 0.25) is 0 Å². The average Bonchev–Trinajstić information content (AvgIpc) is 2.57. The number of amides is 2. The van der Waals surface area contributed by atoms with Crippen molar-refractivity contribution in [3.05, 3.63) is 41.5 Å². The van der Waals surface area contributed by atoms with Gasteiger partial charge in [-0.1, -0.05) is 18.2 Å². The molecule has 1 heterocycles. The number of imide groups is 1. The van der Waals surface area contributed by atoms with Crippen molar-refractivity contribution in [2.24, 2.45) is 0 Å². The van der Waals surface area contributed by atoms with Gasteiger partial charge in [-0.15, -0.1) is 0 Å². The Morgan fingerprint density at radius 1 is 1.20 bits per heavy atom. The van der Waals surface area contributed by atoms with Gasteiger partial charge in [0.25, 0.3) is 11.8 Å². The summed E-state index contributed by atoms with van der Waals surface area (Å²) in [6.45, 7) is 0. The number of nitrogens with one attached hydrogen (secondary N) is 1. The smallest absolute Gasteiger partial charge is 0.258 e. The van der Waals surface area contributed by atoms with Crippen LogP contribution in [0.25, 0.3) is 5.57 Å². The minimum atomic E-state index is -0.456. The van der Waals surface area contributed by atoms with Crippen molar-refractivity contribution in [3.8, 4) is 6.07 Å². The minimum Gasteiger partial charge on any atom is -0.289 e. The van der Waals surface area contributed by atoms with E-state index in [0.717, 1.165) is 0 Å². The van der Waals surface area contributed by atoms with Gasteiger partial charge in [-0.2, -0.15) is 5.26 Å². The fraction of sp³-hybridized carbons (Fsp3) is 0. The van der Waals surface area contributed by atoms with Crippen LogP contribution in [0.3, 0.4) is 0 Å². The zero-order chi connectivity index (χ0) is 10.8. The fourth-order valence-electron chi connectivity index (χ4n) is 1.43. The molecule has 0 unspecified atom stereocenters. The Morgan fingerprint density at radius 2 is 1.93 bits per heavy atom. The monoisotopic (exact) mass is 198 g/mol. The molecule has 0 radical (unpaired) electrons. The Morgan fingerprint density at radius 3 is 2.53 bits per heavy atom. The maximum atomic E-state index is 11.3. The zero-order valence-electron chi connectivity index (χ0n) is 7.65. The number of hydrogen-bond donors (Lipinski definition) is 1. The lowest BCUT2D eigenvalue weighted by Crippen LogP contribution is -2.21. The summed E-state index contributed by atoms with van der Waals surface area (Å²) in [5.41, 5.74) is 1.12. The Hall–Kier alpha value is -2.41. The molecule has 1 aliphatic heterocycles. The second kappa shape index (κ2) is 3.39. The first kappa shape index (κ1) is 9.16. The quantitative estimate of drug-likeness (QED) is 0.671. The van der Waals surface area contributed by atoms with E-state index in [1.54, 1.807) is 24.3 Å². The van der Waals surface area contributed by atoms with Gasteiger partial charge in [0, 0.05) is 11.6 Å². The van der Waals surface area contributed by atoms with Gasteiger partial charge >= 0.3 is 0 Å². The molecule has 1 N–H and O–H groups in total. The molecule has 0 atom stereocenters. The van der Waals surface area contributed by atoms with Crippen LogP contribution >= 0.6 is 0 Å². The lowest BCUT2D eigenvalue weighted by molar-refractivity contribution is -0.123. The van der Waals surface area contributed by atoms with Gasteiger partial charge in [-0.3, -0.25) is 14.9 Å². The van der Waals surface area contributed by atoms with Crippen LogP contribution in [0.1, 0.15) is 11.1 Å². The lowest BCUT2D eigenvalue weighted by atomic mass is 10.0. The van der Waals surface area contributed by atoms with E-state index in [0.29, 0.717) is 11.1 Å². The summed E-state index contributed by atoms with van der Waals surface area (Å²) in [7, 11) is 0. The van der Waals surface area contributed by atoms with E-state index >= 15 is 0 Å². The topological polar surface area (TPSA) is 70.0 Å². The number of benzene rings is 1. The Bertz CT molecular complexity index is 524. The minimum absolute atomic E-state index is 0.247. The van der Waals surface area contributed by atoms with Crippen LogP contribution in [0.5, 0.6) is 0 Å². The number of carbonyl (C=O) groups is 2. The normalized spacial score (nSPS) is 14.5. The molecule has 4 heteroatoms. The van der Waals surface area contributed by atoms with Crippen LogP contribution in [0.4, 0.5) is 0 Å². The first-order valence-electron chi connectivity index (χ1n) is 4.29. The maximum absolute atomic E-state index is 11.3. The molecule has 4 nitrogen and oxygen atoms in total. The van der Waals surface area contributed by atoms with E-state index in [9.17, 15) is 9.59 Å². The molecule has 15 heavy (non-hydrogen) atoms. The third kappa shape index (κ3) is 1.51. The molecule has 2 rings (SSSR count). The molecule has 0 spiro atoms.